The highest BCUT2D eigenvalue weighted by molar-refractivity contribution is 6.35. The molecule has 0 saturated heterocycles. The molecule has 2 aromatic rings. The number of carboxylic acids is 1. The molecule has 0 aliphatic carbocycles. The highest BCUT2D eigenvalue weighted by Gasteiger charge is 2.25. The lowest BCUT2D eigenvalue weighted by Crippen LogP contribution is -2.03. The maximum absolute atomic E-state index is 12.2. The van der Waals surface area contributed by atoms with Crippen LogP contribution in [0.15, 0.2) is 36.4 Å². The minimum atomic E-state index is -1.04. The van der Waals surface area contributed by atoms with Gasteiger partial charge in [0.25, 0.3) is 5.91 Å². The number of benzene rings is 2. The Morgan fingerprint density at radius 1 is 1.08 bits per heavy atom. The summed E-state index contributed by atoms with van der Waals surface area (Å²) in [6, 6.07) is 9.79. The number of rotatable bonds is 4. The number of ether oxygens (including phenoxy) is 2. The van der Waals surface area contributed by atoms with Gasteiger partial charge in [0.2, 0.25) is 0 Å². The van der Waals surface area contributed by atoms with Crippen molar-refractivity contribution >= 4 is 29.2 Å². The van der Waals surface area contributed by atoms with Crippen LogP contribution in [0, 0.1) is 0 Å². The van der Waals surface area contributed by atoms with E-state index in [1.807, 2.05) is 0 Å². The number of fused-ring (bicyclic) bond motifs is 1. The second kappa shape index (κ2) is 6.08. The van der Waals surface area contributed by atoms with Crippen LogP contribution in [0.1, 0.15) is 21.5 Å². The van der Waals surface area contributed by atoms with Crippen molar-refractivity contribution in [3.63, 3.8) is 0 Å². The first kappa shape index (κ1) is 15.6. The minimum Gasteiger partial charge on any atom is -0.497 e. The van der Waals surface area contributed by atoms with E-state index in [0.717, 1.165) is 0 Å². The number of nitrogens with one attached hydrogen (secondary N) is 1. The van der Waals surface area contributed by atoms with E-state index < -0.39 is 5.97 Å². The van der Waals surface area contributed by atoms with Crippen molar-refractivity contribution in [3.8, 4) is 11.5 Å². The quantitative estimate of drug-likeness (QED) is 0.844. The molecular weight excluding hydrogens is 310 g/mol. The molecule has 1 aliphatic heterocycles. The summed E-state index contributed by atoms with van der Waals surface area (Å²) in [6.45, 7) is 0. The summed E-state index contributed by atoms with van der Waals surface area (Å²) in [5.74, 6) is -0.132. The molecule has 2 aromatic carbocycles. The second-order valence-electron chi connectivity index (χ2n) is 5.22. The van der Waals surface area contributed by atoms with Crippen molar-refractivity contribution in [1.82, 2.24) is 0 Å². The van der Waals surface area contributed by atoms with Gasteiger partial charge in [0.15, 0.2) is 0 Å². The predicted molar refractivity (Wildman–Crippen MR) is 89.4 cm³/mol. The second-order valence-corrected chi connectivity index (χ2v) is 5.22. The third-order valence-corrected chi connectivity index (χ3v) is 3.73. The lowest BCUT2D eigenvalue weighted by molar-refractivity contribution is -0.110. The first-order valence-corrected chi connectivity index (χ1v) is 7.15. The topological polar surface area (TPSA) is 84.9 Å². The van der Waals surface area contributed by atoms with Gasteiger partial charge in [0.1, 0.15) is 11.5 Å². The lowest BCUT2D eigenvalue weighted by atomic mass is 10.0. The van der Waals surface area contributed by atoms with Gasteiger partial charge in [-0.2, -0.15) is 0 Å². The summed E-state index contributed by atoms with van der Waals surface area (Å²) >= 11 is 0. The smallest absolute Gasteiger partial charge is 0.335 e. The Bertz CT molecular complexity index is 847. The van der Waals surface area contributed by atoms with Gasteiger partial charge in [-0.25, -0.2) is 4.79 Å². The van der Waals surface area contributed by atoms with Crippen LogP contribution >= 0.6 is 0 Å². The number of amides is 1. The van der Waals surface area contributed by atoms with E-state index in [1.54, 1.807) is 44.6 Å². The average molecular weight is 325 g/mol. The molecule has 0 fully saturated rings. The molecule has 3 rings (SSSR count). The van der Waals surface area contributed by atoms with Gasteiger partial charge in [-0.3, -0.25) is 4.79 Å². The Balaban J connectivity index is 2.10. The molecule has 0 aromatic heterocycles. The molecule has 0 spiro atoms. The molecule has 1 heterocycles. The fourth-order valence-corrected chi connectivity index (χ4v) is 2.54. The molecule has 0 bridgehead atoms. The van der Waals surface area contributed by atoms with E-state index >= 15 is 0 Å². The van der Waals surface area contributed by atoms with E-state index in [2.05, 4.69) is 5.32 Å². The minimum absolute atomic E-state index is 0.124. The Labute approximate surface area is 138 Å². The Morgan fingerprint density at radius 2 is 1.75 bits per heavy atom. The van der Waals surface area contributed by atoms with Crippen LogP contribution in [-0.2, 0) is 4.79 Å². The summed E-state index contributed by atoms with van der Waals surface area (Å²) in [5, 5.41) is 11.9. The van der Waals surface area contributed by atoms with Crippen molar-refractivity contribution in [1.29, 1.82) is 0 Å². The van der Waals surface area contributed by atoms with Crippen molar-refractivity contribution in [2.24, 2.45) is 0 Å². The summed E-state index contributed by atoms with van der Waals surface area (Å²) in [6.07, 6.45) is 1.68. The molecule has 0 radical (unpaired) electrons. The zero-order valence-electron chi connectivity index (χ0n) is 13.1. The van der Waals surface area contributed by atoms with Crippen LogP contribution in [0.2, 0.25) is 0 Å². The number of carbonyl (C=O) groups is 2. The zero-order chi connectivity index (χ0) is 17.3. The van der Waals surface area contributed by atoms with Crippen molar-refractivity contribution in [2.75, 3.05) is 19.5 Å². The van der Waals surface area contributed by atoms with Gasteiger partial charge in [-0.1, -0.05) is 0 Å². The van der Waals surface area contributed by atoms with E-state index in [9.17, 15) is 9.59 Å². The van der Waals surface area contributed by atoms with Crippen molar-refractivity contribution in [2.45, 2.75) is 0 Å². The molecule has 122 valence electrons. The number of hydrogen-bond donors (Lipinski definition) is 2. The van der Waals surface area contributed by atoms with E-state index in [-0.39, 0.29) is 11.5 Å². The molecule has 1 amide bonds. The van der Waals surface area contributed by atoms with Gasteiger partial charge in [0.05, 0.1) is 19.8 Å². The standard InChI is InChI=1S/C18H15NO5/c1-23-12-5-10(6-13(9-12)24-2)7-15-14-8-11(18(21)22)3-4-16(14)19-17(15)20/h3-9H,1-2H3,(H,19,20)(H,21,22)/b15-7+. The summed E-state index contributed by atoms with van der Waals surface area (Å²) in [5.41, 5.74) is 2.38. The lowest BCUT2D eigenvalue weighted by Gasteiger charge is -2.06. The van der Waals surface area contributed by atoms with E-state index in [4.69, 9.17) is 14.6 Å². The van der Waals surface area contributed by atoms with Crippen molar-refractivity contribution < 1.29 is 24.2 Å². The fourth-order valence-electron chi connectivity index (χ4n) is 2.54. The highest BCUT2D eigenvalue weighted by Crippen LogP contribution is 2.35. The molecule has 1 aliphatic rings. The average Bonchev–Trinajstić information content (AvgIpc) is 2.89. The SMILES string of the molecule is COc1cc(/C=C2/C(=O)Nc3ccc(C(=O)O)cc32)cc(OC)c1. The molecule has 24 heavy (non-hydrogen) atoms. The molecule has 6 heteroatoms. The number of hydrogen-bond acceptors (Lipinski definition) is 4. The number of methoxy groups -OCH3 is 2. The Hall–Kier alpha value is -3.28. The maximum atomic E-state index is 12.2. The fraction of sp³-hybridized carbons (Fsp3) is 0.111. The largest absolute Gasteiger partial charge is 0.497 e. The normalized spacial score (nSPS) is 14.2. The molecule has 0 unspecified atom stereocenters. The van der Waals surface area contributed by atoms with Crippen LogP contribution in [0.25, 0.3) is 11.6 Å². The van der Waals surface area contributed by atoms with Crippen LogP contribution in [-0.4, -0.2) is 31.2 Å². The van der Waals surface area contributed by atoms with Gasteiger partial charge in [-0.05, 0) is 42.0 Å². The number of aromatic carboxylic acids is 1. The van der Waals surface area contributed by atoms with Crippen LogP contribution in [0.4, 0.5) is 5.69 Å². The van der Waals surface area contributed by atoms with Gasteiger partial charge in [-0.15, -0.1) is 0 Å². The summed E-state index contributed by atoms with van der Waals surface area (Å²) in [7, 11) is 3.09. The third kappa shape index (κ3) is 2.81. The molecule has 0 atom stereocenters. The van der Waals surface area contributed by atoms with E-state index in [0.29, 0.717) is 33.9 Å². The Morgan fingerprint density at radius 3 is 2.33 bits per heavy atom. The number of carbonyl (C=O) groups excluding carboxylic acids is 1. The Kier molecular flexibility index (Phi) is 3.95. The maximum Gasteiger partial charge on any atom is 0.335 e. The third-order valence-electron chi connectivity index (χ3n) is 3.73. The number of anilines is 1. The number of carboxylic acid groups (broad SMARTS) is 1. The first-order chi connectivity index (χ1) is 11.5. The van der Waals surface area contributed by atoms with E-state index in [1.165, 1.54) is 12.1 Å². The van der Waals surface area contributed by atoms with Gasteiger partial charge in [0, 0.05) is 22.9 Å². The molecule has 6 nitrogen and oxygen atoms in total. The summed E-state index contributed by atoms with van der Waals surface area (Å²) < 4.78 is 10.4. The van der Waals surface area contributed by atoms with Gasteiger partial charge < -0.3 is 19.9 Å². The zero-order valence-corrected chi connectivity index (χ0v) is 13.1. The highest BCUT2D eigenvalue weighted by atomic mass is 16.5. The van der Waals surface area contributed by atoms with Crippen LogP contribution in [0.3, 0.4) is 0 Å². The van der Waals surface area contributed by atoms with Crippen molar-refractivity contribution in [3.05, 3.63) is 53.1 Å². The van der Waals surface area contributed by atoms with Crippen LogP contribution < -0.4 is 14.8 Å². The molecule has 2 N–H and O–H groups in total. The van der Waals surface area contributed by atoms with Crippen LogP contribution in [0.5, 0.6) is 11.5 Å². The predicted octanol–water partition coefficient (Wildman–Crippen LogP) is 2.89. The first-order valence-electron chi connectivity index (χ1n) is 7.15. The monoisotopic (exact) mass is 325 g/mol. The van der Waals surface area contributed by atoms with Gasteiger partial charge >= 0.3 is 5.97 Å². The molecule has 0 saturated carbocycles. The molecular formula is C18H15NO5. The summed E-state index contributed by atoms with van der Waals surface area (Å²) in [4.78, 5) is 23.4.